The number of unbranched alkanes of at least 4 members (excludes halogenated alkanes) is 1. The Labute approximate surface area is 120 Å². The predicted octanol–water partition coefficient (Wildman–Crippen LogP) is 1.75. The number of nitrogens with one attached hydrogen (secondary N) is 1. The van der Waals surface area contributed by atoms with Crippen molar-refractivity contribution in [3.63, 3.8) is 0 Å². The molecule has 0 aliphatic carbocycles. The van der Waals surface area contributed by atoms with Crippen molar-refractivity contribution < 1.29 is 9.53 Å². The lowest BCUT2D eigenvalue weighted by molar-refractivity contribution is -0.156. The third-order valence-electron chi connectivity index (χ3n) is 2.73. The van der Waals surface area contributed by atoms with Gasteiger partial charge in [0, 0.05) is 12.8 Å². The number of aromatic amines is 1. The highest BCUT2D eigenvalue weighted by molar-refractivity contribution is 5.75. The second-order valence-electron chi connectivity index (χ2n) is 5.98. The first-order valence-electron chi connectivity index (χ1n) is 7.20. The van der Waals surface area contributed by atoms with Gasteiger partial charge in [-0.05, 0) is 33.6 Å². The largest absolute Gasteiger partial charge is 0.459 e. The van der Waals surface area contributed by atoms with Crippen molar-refractivity contribution >= 4 is 5.97 Å². The van der Waals surface area contributed by atoms with E-state index in [2.05, 4.69) is 22.1 Å². The summed E-state index contributed by atoms with van der Waals surface area (Å²) in [4.78, 5) is 16.1. The number of ether oxygens (including phenoxy) is 1. The Balaban J connectivity index is 2.38. The van der Waals surface area contributed by atoms with Crippen LogP contribution in [0, 0.1) is 0 Å². The van der Waals surface area contributed by atoms with Gasteiger partial charge in [-0.1, -0.05) is 13.3 Å². The number of hydrogen-bond acceptors (Lipinski definition) is 5. The Morgan fingerprint density at radius 1 is 1.40 bits per heavy atom. The van der Waals surface area contributed by atoms with Gasteiger partial charge in [0.1, 0.15) is 17.5 Å². The van der Waals surface area contributed by atoms with Crippen LogP contribution in [0.15, 0.2) is 0 Å². The molecule has 0 aliphatic rings. The van der Waals surface area contributed by atoms with Crippen molar-refractivity contribution in [1.82, 2.24) is 15.2 Å². The van der Waals surface area contributed by atoms with Crippen molar-refractivity contribution in [2.45, 2.75) is 71.4 Å². The summed E-state index contributed by atoms with van der Waals surface area (Å²) in [5, 5.41) is 7.04. The second kappa shape index (κ2) is 7.38. The van der Waals surface area contributed by atoms with E-state index in [0.717, 1.165) is 25.1 Å². The highest BCUT2D eigenvalue weighted by Crippen LogP contribution is 2.10. The third-order valence-corrected chi connectivity index (χ3v) is 2.73. The van der Waals surface area contributed by atoms with E-state index in [1.165, 1.54) is 0 Å². The highest BCUT2D eigenvalue weighted by Gasteiger charge is 2.22. The lowest BCUT2D eigenvalue weighted by atomic mass is 10.1. The highest BCUT2D eigenvalue weighted by atomic mass is 16.6. The number of carbonyl (C=O) groups is 1. The lowest BCUT2D eigenvalue weighted by Crippen LogP contribution is -2.37. The predicted molar refractivity (Wildman–Crippen MR) is 77.1 cm³/mol. The summed E-state index contributed by atoms with van der Waals surface area (Å²) < 4.78 is 5.23. The van der Waals surface area contributed by atoms with Gasteiger partial charge in [-0.2, -0.15) is 5.10 Å². The van der Waals surface area contributed by atoms with Gasteiger partial charge < -0.3 is 10.5 Å². The molecule has 3 N–H and O–H groups in total. The molecule has 0 radical (unpaired) electrons. The number of nitrogens with two attached hydrogens (primary N) is 1. The number of H-pyrrole nitrogens is 1. The Morgan fingerprint density at radius 3 is 2.70 bits per heavy atom. The van der Waals surface area contributed by atoms with Gasteiger partial charge in [-0.3, -0.25) is 9.89 Å². The summed E-state index contributed by atoms with van der Waals surface area (Å²) in [6.07, 6.45) is 4.18. The van der Waals surface area contributed by atoms with E-state index < -0.39 is 11.6 Å². The molecule has 0 fully saturated rings. The average Bonchev–Trinajstić information content (AvgIpc) is 2.79. The van der Waals surface area contributed by atoms with Gasteiger partial charge in [0.25, 0.3) is 0 Å². The van der Waals surface area contributed by atoms with Crippen LogP contribution in [0.25, 0.3) is 0 Å². The summed E-state index contributed by atoms with van der Waals surface area (Å²) in [5.74, 6) is 1.22. The van der Waals surface area contributed by atoms with Crippen molar-refractivity contribution in [2.75, 3.05) is 0 Å². The Hall–Kier alpha value is -1.43. The summed E-state index contributed by atoms with van der Waals surface area (Å²) >= 11 is 0. The van der Waals surface area contributed by atoms with Gasteiger partial charge in [0.15, 0.2) is 5.82 Å². The molecule has 1 atom stereocenters. The first kappa shape index (κ1) is 16.6. The molecule has 0 aromatic carbocycles. The minimum atomic E-state index is -0.633. The lowest BCUT2D eigenvalue weighted by Gasteiger charge is -2.21. The maximum absolute atomic E-state index is 11.7. The molecule has 6 heteroatoms. The van der Waals surface area contributed by atoms with Crippen LogP contribution in [0.1, 0.15) is 58.6 Å². The molecule has 0 spiro atoms. The van der Waals surface area contributed by atoms with E-state index in [-0.39, 0.29) is 5.97 Å². The van der Waals surface area contributed by atoms with Crippen molar-refractivity contribution in [1.29, 1.82) is 0 Å². The molecular weight excluding hydrogens is 256 g/mol. The smallest absolute Gasteiger partial charge is 0.323 e. The third kappa shape index (κ3) is 6.14. The van der Waals surface area contributed by atoms with E-state index in [9.17, 15) is 4.79 Å². The molecule has 20 heavy (non-hydrogen) atoms. The fourth-order valence-corrected chi connectivity index (χ4v) is 1.68. The number of hydrogen-bond donors (Lipinski definition) is 2. The monoisotopic (exact) mass is 282 g/mol. The molecule has 1 unspecified atom stereocenters. The Morgan fingerprint density at radius 2 is 2.10 bits per heavy atom. The number of esters is 1. The quantitative estimate of drug-likeness (QED) is 0.743. The number of rotatable bonds is 7. The number of nitrogens with zero attached hydrogens (tertiary/aromatic N) is 2. The normalized spacial score (nSPS) is 13.2. The molecule has 0 bridgehead atoms. The first-order chi connectivity index (χ1) is 9.31. The molecule has 0 saturated heterocycles. The molecule has 0 saturated carbocycles. The maximum Gasteiger partial charge on any atom is 0.323 e. The fraction of sp³-hybridized carbons (Fsp3) is 0.786. The van der Waals surface area contributed by atoms with Crippen molar-refractivity contribution in [2.24, 2.45) is 5.73 Å². The molecule has 1 heterocycles. The van der Waals surface area contributed by atoms with Crippen LogP contribution in [0.2, 0.25) is 0 Å². The summed E-state index contributed by atoms with van der Waals surface area (Å²) in [7, 11) is 0. The van der Waals surface area contributed by atoms with E-state index in [1.54, 1.807) is 0 Å². The summed E-state index contributed by atoms with van der Waals surface area (Å²) in [5.41, 5.74) is 5.31. The van der Waals surface area contributed by atoms with Crippen LogP contribution in [0.5, 0.6) is 0 Å². The van der Waals surface area contributed by atoms with Crippen molar-refractivity contribution in [3.05, 3.63) is 11.6 Å². The van der Waals surface area contributed by atoms with Crippen molar-refractivity contribution in [3.8, 4) is 0 Å². The number of carbonyl (C=O) groups excluding carboxylic acids is 1. The van der Waals surface area contributed by atoms with Gasteiger partial charge in [0.05, 0.1) is 0 Å². The molecule has 1 aromatic heterocycles. The van der Waals surface area contributed by atoms with E-state index in [0.29, 0.717) is 18.7 Å². The zero-order valence-electron chi connectivity index (χ0n) is 12.9. The minimum Gasteiger partial charge on any atom is -0.459 e. The fourth-order valence-electron chi connectivity index (χ4n) is 1.68. The second-order valence-corrected chi connectivity index (χ2v) is 5.98. The standard InChI is InChI=1S/C14H26N4O2/c1-5-6-7-11-16-12(18-17-11)9-8-10(15)13(19)20-14(2,3)4/h10H,5-9,15H2,1-4H3,(H,16,17,18). The SMILES string of the molecule is CCCCc1nc(CCC(N)C(=O)OC(C)(C)C)n[nH]1. The van der Waals surface area contributed by atoms with Gasteiger partial charge in [0.2, 0.25) is 0 Å². The maximum atomic E-state index is 11.7. The molecule has 0 amide bonds. The number of aryl methyl sites for hydroxylation is 2. The average molecular weight is 282 g/mol. The Bertz CT molecular complexity index is 423. The van der Waals surface area contributed by atoms with Gasteiger partial charge in [-0.15, -0.1) is 0 Å². The minimum absolute atomic E-state index is 0.376. The Kier molecular flexibility index (Phi) is 6.13. The van der Waals surface area contributed by atoms with E-state index in [4.69, 9.17) is 10.5 Å². The van der Waals surface area contributed by atoms with E-state index in [1.807, 2.05) is 20.8 Å². The van der Waals surface area contributed by atoms with E-state index >= 15 is 0 Å². The van der Waals surface area contributed by atoms with Crippen LogP contribution in [-0.2, 0) is 22.4 Å². The molecule has 1 rings (SSSR count). The van der Waals surface area contributed by atoms with Crippen LogP contribution in [-0.4, -0.2) is 32.8 Å². The van der Waals surface area contributed by atoms with Gasteiger partial charge >= 0.3 is 5.97 Å². The summed E-state index contributed by atoms with van der Waals surface area (Å²) in [6.45, 7) is 7.61. The summed E-state index contributed by atoms with van der Waals surface area (Å²) in [6, 6.07) is -0.633. The topological polar surface area (TPSA) is 93.9 Å². The molecular formula is C14H26N4O2. The first-order valence-corrected chi connectivity index (χ1v) is 7.20. The molecule has 6 nitrogen and oxygen atoms in total. The molecule has 0 aliphatic heterocycles. The molecule has 1 aromatic rings. The zero-order chi connectivity index (χ0) is 15.2. The zero-order valence-corrected chi connectivity index (χ0v) is 12.9. The number of aromatic nitrogens is 3. The molecule has 114 valence electrons. The van der Waals surface area contributed by atoms with Crippen LogP contribution in [0.4, 0.5) is 0 Å². The van der Waals surface area contributed by atoms with Crippen LogP contribution < -0.4 is 5.73 Å². The van der Waals surface area contributed by atoms with Gasteiger partial charge in [-0.25, -0.2) is 4.98 Å². The van der Waals surface area contributed by atoms with Crippen LogP contribution >= 0.6 is 0 Å². The van der Waals surface area contributed by atoms with Crippen LogP contribution in [0.3, 0.4) is 0 Å².